The molecule has 0 radical (unpaired) electrons. The summed E-state index contributed by atoms with van der Waals surface area (Å²) in [6.07, 6.45) is 1.40. The summed E-state index contributed by atoms with van der Waals surface area (Å²) in [4.78, 5) is 39.3. The molecule has 0 bridgehead atoms. The highest BCUT2D eigenvalue weighted by Gasteiger charge is 2.15. The molecule has 0 aromatic carbocycles. The monoisotopic (exact) mass is 247 g/mol. The molecule has 6 nitrogen and oxygen atoms in total. The number of pyridine rings is 1. The number of rotatable bonds is 1. The van der Waals surface area contributed by atoms with Crippen LogP contribution in [0.5, 0.6) is 0 Å². The van der Waals surface area contributed by atoms with Crippen LogP contribution in [0.15, 0.2) is 15.8 Å². The minimum Gasteiger partial charge on any atom is -0.294 e. The summed E-state index contributed by atoms with van der Waals surface area (Å²) in [6.45, 7) is 3.11. The van der Waals surface area contributed by atoms with Crippen LogP contribution < -0.4 is 11.2 Å². The predicted octanol–water partition coefficient (Wildman–Crippen LogP) is 0.143. The lowest BCUT2D eigenvalue weighted by molar-refractivity contribution is 0.101. The molecular weight excluding hydrogens is 234 g/mol. The fourth-order valence-corrected chi connectivity index (χ4v) is 2.02. The van der Waals surface area contributed by atoms with Gasteiger partial charge in [0.25, 0.3) is 5.56 Å². The van der Waals surface area contributed by atoms with Crippen molar-refractivity contribution in [3.63, 3.8) is 0 Å². The van der Waals surface area contributed by atoms with Crippen molar-refractivity contribution in [2.75, 3.05) is 0 Å². The fourth-order valence-electron chi connectivity index (χ4n) is 2.02. The molecule has 0 amide bonds. The van der Waals surface area contributed by atoms with E-state index in [0.717, 1.165) is 4.57 Å². The summed E-state index contributed by atoms with van der Waals surface area (Å²) < 4.78 is 2.31. The summed E-state index contributed by atoms with van der Waals surface area (Å²) in [5.74, 6) is -0.155. The summed E-state index contributed by atoms with van der Waals surface area (Å²) in [6, 6.07) is 0. The van der Waals surface area contributed by atoms with Gasteiger partial charge in [0.1, 0.15) is 5.65 Å². The number of carbonyl (C=O) groups is 1. The third-order valence-corrected chi connectivity index (χ3v) is 3.11. The smallest absolute Gasteiger partial charge is 0.294 e. The standard InChI is InChI=1S/C12H13N3O3/c1-6-8(7(2)16)5-13-10-9(6)11(17)15(4)12(18)14(10)3/h5H,1-4H3. The molecule has 0 saturated heterocycles. The van der Waals surface area contributed by atoms with Gasteiger partial charge in [-0.05, 0) is 19.4 Å². The third-order valence-electron chi connectivity index (χ3n) is 3.11. The van der Waals surface area contributed by atoms with Crippen LogP contribution in [-0.4, -0.2) is 19.9 Å². The van der Waals surface area contributed by atoms with E-state index < -0.39 is 11.2 Å². The SMILES string of the molecule is CC(=O)c1cnc2c(c1C)c(=O)n(C)c(=O)n2C. The molecule has 0 saturated carbocycles. The van der Waals surface area contributed by atoms with Gasteiger partial charge in [-0.3, -0.25) is 18.7 Å². The molecule has 0 aliphatic rings. The number of fused-ring (bicyclic) bond motifs is 1. The normalized spacial score (nSPS) is 10.9. The molecule has 0 aliphatic carbocycles. The predicted molar refractivity (Wildman–Crippen MR) is 67.0 cm³/mol. The molecule has 2 heterocycles. The second-order valence-electron chi connectivity index (χ2n) is 4.26. The van der Waals surface area contributed by atoms with Gasteiger partial charge in [0.2, 0.25) is 0 Å². The van der Waals surface area contributed by atoms with Crippen molar-refractivity contribution in [2.45, 2.75) is 13.8 Å². The Balaban J connectivity index is 3.14. The van der Waals surface area contributed by atoms with Crippen LogP contribution in [0.1, 0.15) is 22.8 Å². The zero-order valence-corrected chi connectivity index (χ0v) is 10.6. The second-order valence-corrected chi connectivity index (χ2v) is 4.26. The molecule has 0 aliphatic heterocycles. The van der Waals surface area contributed by atoms with E-state index in [2.05, 4.69) is 4.98 Å². The van der Waals surface area contributed by atoms with Crippen molar-refractivity contribution in [1.82, 2.24) is 14.1 Å². The number of hydrogen-bond donors (Lipinski definition) is 0. The number of carbonyl (C=O) groups excluding carboxylic acids is 1. The van der Waals surface area contributed by atoms with Crippen LogP contribution in [0.25, 0.3) is 11.0 Å². The van der Waals surface area contributed by atoms with E-state index in [4.69, 9.17) is 0 Å². The lowest BCUT2D eigenvalue weighted by Gasteiger charge is -2.10. The van der Waals surface area contributed by atoms with Gasteiger partial charge in [-0.25, -0.2) is 9.78 Å². The maximum atomic E-state index is 12.1. The highest BCUT2D eigenvalue weighted by Crippen LogP contribution is 2.15. The lowest BCUT2D eigenvalue weighted by atomic mass is 10.1. The molecular formula is C12H13N3O3. The number of aryl methyl sites for hydroxylation is 2. The molecule has 0 atom stereocenters. The Bertz CT molecular complexity index is 784. The summed E-state index contributed by atoms with van der Waals surface area (Å²) in [5.41, 5.74) is 0.392. The number of ketones is 1. The quantitative estimate of drug-likeness (QED) is 0.672. The Morgan fingerprint density at radius 2 is 1.83 bits per heavy atom. The first-order chi connectivity index (χ1) is 8.36. The van der Waals surface area contributed by atoms with E-state index in [0.29, 0.717) is 22.2 Å². The van der Waals surface area contributed by atoms with E-state index in [-0.39, 0.29) is 5.78 Å². The molecule has 0 fully saturated rings. The molecule has 2 rings (SSSR count). The Kier molecular flexibility index (Phi) is 2.65. The molecule has 0 spiro atoms. The first-order valence-corrected chi connectivity index (χ1v) is 5.42. The van der Waals surface area contributed by atoms with Crippen molar-refractivity contribution >= 4 is 16.8 Å². The van der Waals surface area contributed by atoms with Gasteiger partial charge in [0.15, 0.2) is 5.78 Å². The van der Waals surface area contributed by atoms with Crippen molar-refractivity contribution in [3.8, 4) is 0 Å². The molecule has 18 heavy (non-hydrogen) atoms. The number of hydrogen-bond acceptors (Lipinski definition) is 4. The lowest BCUT2D eigenvalue weighted by Crippen LogP contribution is -2.37. The van der Waals surface area contributed by atoms with E-state index in [1.807, 2.05) is 0 Å². The Morgan fingerprint density at radius 1 is 1.22 bits per heavy atom. The molecule has 0 unspecified atom stereocenters. The van der Waals surface area contributed by atoms with Crippen LogP contribution in [-0.2, 0) is 14.1 Å². The van der Waals surface area contributed by atoms with Crippen LogP contribution >= 0.6 is 0 Å². The van der Waals surface area contributed by atoms with E-state index in [9.17, 15) is 14.4 Å². The van der Waals surface area contributed by atoms with Gasteiger partial charge in [-0.2, -0.15) is 0 Å². The summed E-state index contributed by atoms with van der Waals surface area (Å²) in [7, 11) is 2.95. The van der Waals surface area contributed by atoms with Gasteiger partial charge in [0.05, 0.1) is 5.39 Å². The van der Waals surface area contributed by atoms with Gasteiger partial charge in [-0.15, -0.1) is 0 Å². The van der Waals surface area contributed by atoms with Crippen molar-refractivity contribution in [1.29, 1.82) is 0 Å². The zero-order chi connectivity index (χ0) is 13.6. The van der Waals surface area contributed by atoms with E-state index in [1.165, 1.54) is 24.7 Å². The topological polar surface area (TPSA) is 74.0 Å². The van der Waals surface area contributed by atoms with Crippen LogP contribution in [0.4, 0.5) is 0 Å². The number of nitrogens with zero attached hydrogens (tertiary/aromatic N) is 3. The molecule has 2 aromatic rings. The van der Waals surface area contributed by atoms with Gasteiger partial charge in [0, 0.05) is 25.9 Å². The van der Waals surface area contributed by atoms with Crippen LogP contribution in [0, 0.1) is 6.92 Å². The second kappa shape index (κ2) is 3.90. The molecule has 94 valence electrons. The van der Waals surface area contributed by atoms with Crippen LogP contribution in [0.3, 0.4) is 0 Å². The minimum atomic E-state index is -0.435. The zero-order valence-electron chi connectivity index (χ0n) is 10.6. The molecule has 6 heteroatoms. The highest BCUT2D eigenvalue weighted by molar-refractivity contribution is 5.99. The Labute approximate surface area is 103 Å². The average Bonchev–Trinajstić information content (AvgIpc) is 2.32. The Hall–Kier alpha value is -2.24. The largest absolute Gasteiger partial charge is 0.332 e. The fraction of sp³-hybridized carbons (Fsp3) is 0.333. The van der Waals surface area contributed by atoms with Gasteiger partial charge < -0.3 is 0 Å². The molecule has 0 N–H and O–H groups in total. The maximum absolute atomic E-state index is 12.1. The first-order valence-electron chi connectivity index (χ1n) is 5.42. The Morgan fingerprint density at radius 3 is 2.39 bits per heavy atom. The third kappa shape index (κ3) is 1.49. The van der Waals surface area contributed by atoms with Crippen molar-refractivity contribution < 1.29 is 4.79 Å². The number of Topliss-reactive ketones (excluding diaryl/α,β-unsaturated/α-hetero) is 1. The summed E-state index contributed by atoms with van der Waals surface area (Å²) in [5, 5.41) is 0.312. The first kappa shape index (κ1) is 12.2. The van der Waals surface area contributed by atoms with E-state index >= 15 is 0 Å². The van der Waals surface area contributed by atoms with Crippen LogP contribution in [0.2, 0.25) is 0 Å². The maximum Gasteiger partial charge on any atom is 0.332 e. The minimum absolute atomic E-state index is 0.155. The highest BCUT2D eigenvalue weighted by atomic mass is 16.2. The van der Waals surface area contributed by atoms with Gasteiger partial charge in [-0.1, -0.05) is 0 Å². The molecule has 2 aromatic heterocycles. The van der Waals surface area contributed by atoms with Gasteiger partial charge >= 0.3 is 5.69 Å². The average molecular weight is 247 g/mol. The van der Waals surface area contributed by atoms with Crippen molar-refractivity contribution in [2.24, 2.45) is 14.1 Å². The van der Waals surface area contributed by atoms with E-state index in [1.54, 1.807) is 14.0 Å². The van der Waals surface area contributed by atoms with Crippen molar-refractivity contribution in [3.05, 3.63) is 38.2 Å². The number of aromatic nitrogens is 3. The summed E-state index contributed by atoms with van der Waals surface area (Å²) >= 11 is 0.